The molecule has 136 valence electrons. The van der Waals surface area contributed by atoms with Crippen LogP contribution in [0, 0.1) is 0 Å². The second-order valence-corrected chi connectivity index (χ2v) is 7.82. The highest BCUT2D eigenvalue weighted by Crippen LogP contribution is 2.28. The minimum Gasteiger partial charge on any atom is -0.492 e. The van der Waals surface area contributed by atoms with Gasteiger partial charge in [-0.25, -0.2) is 13.1 Å². The zero-order valence-electron chi connectivity index (χ0n) is 14.5. The molecule has 7 heteroatoms. The van der Waals surface area contributed by atoms with E-state index in [2.05, 4.69) is 4.72 Å². The lowest BCUT2D eigenvalue weighted by Crippen LogP contribution is -2.40. The SMILES string of the molecule is CCOc1ccccc1S(=O)(=O)NCC(C)(OC)c1cccc(Cl)c1. The van der Waals surface area contributed by atoms with Gasteiger partial charge in [-0.3, -0.25) is 0 Å². The Morgan fingerprint density at radius 2 is 1.88 bits per heavy atom. The first-order valence-corrected chi connectivity index (χ1v) is 9.71. The highest BCUT2D eigenvalue weighted by atomic mass is 35.5. The molecule has 2 aromatic rings. The third-order valence-corrected chi connectivity index (χ3v) is 5.60. The van der Waals surface area contributed by atoms with Crippen molar-refractivity contribution < 1.29 is 17.9 Å². The highest BCUT2D eigenvalue weighted by molar-refractivity contribution is 7.89. The van der Waals surface area contributed by atoms with Crippen molar-refractivity contribution in [3.8, 4) is 5.75 Å². The van der Waals surface area contributed by atoms with Crippen LogP contribution in [0.25, 0.3) is 0 Å². The summed E-state index contributed by atoms with van der Waals surface area (Å²) < 4.78 is 39.0. The Balaban J connectivity index is 2.26. The fraction of sp³-hybridized carbons (Fsp3) is 0.333. The largest absolute Gasteiger partial charge is 0.492 e. The minimum absolute atomic E-state index is 0.0482. The molecule has 25 heavy (non-hydrogen) atoms. The van der Waals surface area contributed by atoms with Crippen LogP contribution in [0.2, 0.25) is 5.02 Å². The highest BCUT2D eigenvalue weighted by Gasteiger charge is 2.30. The first-order chi connectivity index (χ1) is 11.8. The summed E-state index contributed by atoms with van der Waals surface area (Å²) in [5.74, 6) is 0.319. The maximum atomic E-state index is 12.7. The predicted molar refractivity (Wildman–Crippen MR) is 98.6 cm³/mol. The van der Waals surface area contributed by atoms with Gasteiger partial charge in [-0.15, -0.1) is 0 Å². The maximum Gasteiger partial charge on any atom is 0.244 e. The van der Waals surface area contributed by atoms with E-state index < -0.39 is 15.6 Å². The van der Waals surface area contributed by atoms with E-state index in [0.717, 1.165) is 5.56 Å². The Kier molecular flexibility index (Phi) is 6.46. The van der Waals surface area contributed by atoms with Gasteiger partial charge >= 0.3 is 0 Å². The van der Waals surface area contributed by atoms with Gasteiger partial charge in [0.1, 0.15) is 16.2 Å². The van der Waals surface area contributed by atoms with Crippen molar-refractivity contribution in [2.75, 3.05) is 20.3 Å². The van der Waals surface area contributed by atoms with E-state index in [0.29, 0.717) is 17.4 Å². The monoisotopic (exact) mass is 383 g/mol. The van der Waals surface area contributed by atoms with Crippen LogP contribution in [0.4, 0.5) is 0 Å². The van der Waals surface area contributed by atoms with Crippen LogP contribution < -0.4 is 9.46 Å². The van der Waals surface area contributed by atoms with Crippen LogP contribution in [-0.2, 0) is 20.4 Å². The normalized spacial score (nSPS) is 14.1. The lowest BCUT2D eigenvalue weighted by Gasteiger charge is -2.29. The molecule has 0 heterocycles. The summed E-state index contributed by atoms with van der Waals surface area (Å²) in [6.45, 7) is 4.03. The van der Waals surface area contributed by atoms with Crippen LogP contribution >= 0.6 is 11.6 Å². The van der Waals surface area contributed by atoms with Gasteiger partial charge in [0.25, 0.3) is 0 Å². The van der Waals surface area contributed by atoms with Gasteiger partial charge in [0.15, 0.2) is 0 Å². The summed E-state index contributed by atoms with van der Waals surface area (Å²) in [5.41, 5.74) is -0.0817. The summed E-state index contributed by atoms with van der Waals surface area (Å²) in [6, 6.07) is 13.7. The second-order valence-electron chi connectivity index (χ2n) is 5.65. The Morgan fingerprint density at radius 1 is 1.16 bits per heavy atom. The van der Waals surface area contributed by atoms with Crippen molar-refractivity contribution in [2.45, 2.75) is 24.3 Å². The molecular formula is C18H22ClNO4S. The summed E-state index contributed by atoms with van der Waals surface area (Å²) in [4.78, 5) is 0.0985. The van der Waals surface area contributed by atoms with Gasteiger partial charge in [0.05, 0.1) is 6.61 Å². The van der Waals surface area contributed by atoms with Crippen LogP contribution in [0.3, 0.4) is 0 Å². The van der Waals surface area contributed by atoms with Crippen molar-refractivity contribution in [2.24, 2.45) is 0 Å². The molecule has 2 aromatic carbocycles. The molecule has 0 amide bonds. The number of sulfonamides is 1. The van der Waals surface area contributed by atoms with E-state index in [-0.39, 0.29) is 11.4 Å². The molecule has 0 fully saturated rings. The number of para-hydroxylation sites is 1. The van der Waals surface area contributed by atoms with Gasteiger partial charge in [-0.05, 0) is 43.7 Å². The third-order valence-electron chi connectivity index (χ3n) is 3.92. The van der Waals surface area contributed by atoms with Gasteiger partial charge < -0.3 is 9.47 Å². The van der Waals surface area contributed by atoms with Crippen LogP contribution in [0.5, 0.6) is 5.75 Å². The molecule has 0 spiro atoms. The van der Waals surface area contributed by atoms with Crippen LogP contribution in [-0.4, -0.2) is 28.7 Å². The molecule has 0 aromatic heterocycles. The van der Waals surface area contributed by atoms with E-state index in [1.54, 1.807) is 50.2 Å². The first kappa shape index (κ1) is 19.7. The molecule has 0 saturated carbocycles. The Labute approximate surface area is 154 Å². The molecule has 0 aliphatic rings. The predicted octanol–water partition coefficient (Wildman–Crippen LogP) is 3.58. The average molecular weight is 384 g/mol. The standard InChI is InChI=1S/C18H22ClNO4S/c1-4-24-16-10-5-6-11-17(16)25(21,22)20-13-18(2,23-3)14-8-7-9-15(19)12-14/h5-12,20H,4,13H2,1-3H3. The molecule has 1 N–H and O–H groups in total. The number of methoxy groups -OCH3 is 1. The molecule has 0 bridgehead atoms. The van der Waals surface area contributed by atoms with Crippen molar-refractivity contribution in [3.63, 3.8) is 0 Å². The molecule has 0 aliphatic heterocycles. The van der Waals surface area contributed by atoms with Crippen LogP contribution in [0.15, 0.2) is 53.4 Å². The van der Waals surface area contributed by atoms with Gasteiger partial charge in [0, 0.05) is 18.7 Å². The van der Waals surface area contributed by atoms with Gasteiger partial charge in [-0.2, -0.15) is 0 Å². The van der Waals surface area contributed by atoms with Crippen molar-refractivity contribution in [1.29, 1.82) is 0 Å². The number of halogens is 1. The zero-order chi connectivity index (χ0) is 18.5. The lowest BCUT2D eigenvalue weighted by molar-refractivity contribution is 0.00698. The third kappa shape index (κ3) is 4.73. The first-order valence-electron chi connectivity index (χ1n) is 7.85. The molecule has 2 rings (SSSR count). The molecule has 1 atom stereocenters. The van der Waals surface area contributed by atoms with E-state index in [4.69, 9.17) is 21.1 Å². The van der Waals surface area contributed by atoms with Crippen molar-refractivity contribution in [3.05, 3.63) is 59.1 Å². The molecule has 5 nitrogen and oxygen atoms in total. The van der Waals surface area contributed by atoms with E-state index in [1.165, 1.54) is 13.2 Å². The fourth-order valence-electron chi connectivity index (χ4n) is 2.37. The lowest BCUT2D eigenvalue weighted by atomic mass is 9.96. The second kappa shape index (κ2) is 8.19. The number of hydrogen-bond acceptors (Lipinski definition) is 4. The number of rotatable bonds is 8. The Bertz CT molecular complexity index is 825. The summed E-state index contributed by atoms with van der Waals surface area (Å²) in [6.07, 6.45) is 0. The number of hydrogen-bond donors (Lipinski definition) is 1. The quantitative estimate of drug-likeness (QED) is 0.756. The molecule has 1 unspecified atom stereocenters. The smallest absolute Gasteiger partial charge is 0.244 e. The molecular weight excluding hydrogens is 362 g/mol. The maximum absolute atomic E-state index is 12.7. The Morgan fingerprint density at radius 3 is 2.52 bits per heavy atom. The van der Waals surface area contributed by atoms with Gasteiger partial charge in [0.2, 0.25) is 10.0 Å². The molecule has 0 radical (unpaired) electrons. The van der Waals surface area contributed by atoms with E-state index in [9.17, 15) is 8.42 Å². The van der Waals surface area contributed by atoms with Gasteiger partial charge in [-0.1, -0.05) is 35.9 Å². The summed E-state index contributed by atoms with van der Waals surface area (Å²) in [5, 5.41) is 0.560. The average Bonchev–Trinajstić information content (AvgIpc) is 2.60. The number of benzene rings is 2. The van der Waals surface area contributed by atoms with E-state index >= 15 is 0 Å². The van der Waals surface area contributed by atoms with Crippen LogP contribution in [0.1, 0.15) is 19.4 Å². The Hall–Kier alpha value is -1.60. The van der Waals surface area contributed by atoms with E-state index in [1.807, 2.05) is 6.07 Å². The molecule has 0 aliphatic carbocycles. The number of nitrogens with one attached hydrogen (secondary N) is 1. The zero-order valence-corrected chi connectivity index (χ0v) is 16.0. The minimum atomic E-state index is -3.76. The number of ether oxygens (including phenoxy) is 2. The molecule has 0 saturated heterocycles. The summed E-state index contributed by atoms with van der Waals surface area (Å²) in [7, 11) is -2.23. The summed E-state index contributed by atoms with van der Waals surface area (Å²) >= 11 is 6.04. The topological polar surface area (TPSA) is 64.6 Å². The fourth-order valence-corrected chi connectivity index (χ4v) is 3.83. The van der Waals surface area contributed by atoms with Crippen molar-refractivity contribution in [1.82, 2.24) is 4.72 Å². The van der Waals surface area contributed by atoms with Crippen molar-refractivity contribution >= 4 is 21.6 Å².